The van der Waals surface area contributed by atoms with Crippen LogP contribution in [-0.2, 0) is 16.1 Å². The normalized spacial score (nSPS) is 19.6. The van der Waals surface area contributed by atoms with Gasteiger partial charge in [-0.05, 0) is 31.5 Å². The highest BCUT2D eigenvalue weighted by atomic mass is 16.3. The molecule has 2 N–H and O–H groups in total. The Balaban J connectivity index is 1.55. The van der Waals surface area contributed by atoms with Crippen LogP contribution < -0.4 is 10.6 Å². The Morgan fingerprint density at radius 2 is 2.00 bits per heavy atom. The SMILES string of the molecule is Cc1ccc([C@H]2NC(=O)N(C)C3=C2C(=O)N([C@H](C)C(=O)NCc2ccco2)C3)cc1. The van der Waals surface area contributed by atoms with Crippen molar-refractivity contribution in [1.82, 2.24) is 20.4 Å². The van der Waals surface area contributed by atoms with Gasteiger partial charge in [0.1, 0.15) is 11.8 Å². The maximum Gasteiger partial charge on any atom is 0.322 e. The van der Waals surface area contributed by atoms with Gasteiger partial charge in [0.25, 0.3) is 5.91 Å². The monoisotopic (exact) mass is 408 g/mol. The first-order valence-corrected chi connectivity index (χ1v) is 9.81. The zero-order valence-electron chi connectivity index (χ0n) is 17.1. The molecule has 2 atom stereocenters. The summed E-state index contributed by atoms with van der Waals surface area (Å²) in [6, 6.07) is 9.72. The molecule has 2 aromatic rings. The summed E-state index contributed by atoms with van der Waals surface area (Å²) in [5, 5.41) is 5.70. The molecule has 0 aliphatic carbocycles. The van der Waals surface area contributed by atoms with E-state index in [1.165, 1.54) is 16.1 Å². The van der Waals surface area contributed by atoms with Gasteiger partial charge in [-0.25, -0.2) is 4.79 Å². The second-order valence-corrected chi connectivity index (χ2v) is 7.62. The molecule has 0 unspecified atom stereocenters. The lowest BCUT2D eigenvalue weighted by Gasteiger charge is -2.31. The average Bonchev–Trinajstić information content (AvgIpc) is 3.37. The van der Waals surface area contributed by atoms with E-state index >= 15 is 0 Å². The van der Waals surface area contributed by atoms with Gasteiger partial charge in [-0.1, -0.05) is 29.8 Å². The van der Waals surface area contributed by atoms with Gasteiger partial charge in [0.05, 0.1) is 36.7 Å². The largest absolute Gasteiger partial charge is 0.467 e. The summed E-state index contributed by atoms with van der Waals surface area (Å²) in [5.74, 6) is 0.103. The van der Waals surface area contributed by atoms with Crippen LogP contribution in [0.4, 0.5) is 4.79 Å². The van der Waals surface area contributed by atoms with Crippen molar-refractivity contribution < 1.29 is 18.8 Å². The van der Waals surface area contributed by atoms with Gasteiger partial charge in [0.2, 0.25) is 5.91 Å². The number of carbonyl (C=O) groups excluding carboxylic acids is 3. The van der Waals surface area contributed by atoms with Gasteiger partial charge in [-0.3, -0.25) is 14.5 Å². The van der Waals surface area contributed by atoms with E-state index in [1.54, 1.807) is 26.1 Å². The predicted octanol–water partition coefficient (Wildman–Crippen LogP) is 2.09. The molecule has 0 saturated heterocycles. The predicted molar refractivity (Wildman–Crippen MR) is 109 cm³/mol. The number of aryl methyl sites for hydroxylation is 1. The molecular formula is C22H24N4O4. The van der Waals surface area contributed by atoms with Gasteiger partial charge in [-0.2, -0.15) is 0 Å². The molecule has 4 amide bonds. The van der Waals surface area contributed by atoms with Gasteiger partial charge < -0.3 is 20.0 Å². The summed E-state index contributed by atoms with van der Waals surface area (Å²) in [6.45, 7) is 4.12. The third-order valence-electron chi connectivity index (χ3n) is 5.66. The number of hydrogen-bond donors (Lipinski definition) is 2. The third-order valence-corrected chi connectivity index (χ3v) is 5.66. The molecule has 0 radical (unpaired) electrons. The number of nitrogens with one attached hydrogen (secondary N) is 2. The molecule has 8 heteroatoms. The second kappa shape index (κ2) is 7.70. The highest BCUT2D eigenvalue weighted by molar-refractivity contribution is 6.03. The standard InChI is InChI=1S/C22H24N4O4/c1-13-6-8-15(9-7-13)19-18-17(25(3)22(29)24-19)12-26(21(18)28)14(2)20(27)23-11-16-5-4-10-30-16/h4-10,14,19H,11-12H2,1-3H3,(H,23,27)(H,24,29)/t14-,19-/m1/s1. The number of rotatable bonds is 5. The number of likely N-dealkylation sites (N-methyl/N-ethyl adjacent to an activating group) is 1. The summed E-state index contributed by atoms with van der Waals surface area (Å²) >= 11 is 0. The number of carbonyl (C=O) groups is 3. The van der Waals surface area contributed by atoms with Crippen LogP contribution in [0.15, 0.2) is 58.3 Å². The second-order valence-electron chi connectivity index (χ2n) is 7.62. The lowest BCUT2D eigenvalue weighted by Crippen LogP contribution is -2.46. The molecule has 0 spiro atoms. The number of nitrogens with zero attached hydrogens (tertiary/aromatic N) is 2. The van der Waals surface area contributed by atoms with Crippen LogP contribution in [0.2, 0.25) is 0 Å². The minimum atomic E-state index is -0.694. The van der Waals surface area contributed by atoms with Gasteiger partial charge in [0.15, 0.2) is 0 Å². The third kappa shape index (κ3) is 3.45. The van der Waals surface area contributed by atoms with Gasteiger partial charge in [-0.15, -0.1) is 0 Å². The molecule has 8 nitrogen and oxygen atoms in total. The van der Waals surface area contributed by atoms with Crippen LogP contribution in [0.1, 0.15) is 29.9 Å². The summed E-state index contributed by atoms with van der Waals surface area (Å²) < 4.78 is 5.23. The van der Waals surface area contributed by atoms with Crippen molar-refractivity contribution >= 4 is 17.8 Å². The Kier molecular flexibility index (Phi) is 5.07. The first-order chi connectivity index (χ1) is 14.4. The first-order valence-electron chi connectivity index (χ1n) is 9.81. The number of urea groups is 1. The Hall–Kier alpha value is -3.55. The molecule has 30 heavy (non-hydrogen) atoms. The molecule has 0 bridgehead atoms. The van der Waals surface area contributed by atoms with Crippen LogP contribution in [0.25, 0.3) is 0 Å². The first kappa shape index (κ1) is 19.8. The van der Waals surface area contributed by atoms with Crippen molar-refractivity contribution in [2.75, 3.05) is 13.6 Å². The Morgan fingerprint density at radius 3 is 2.67 bits per heavy atom. The molecule has 3 heterocycles. The van der Waals surface area contributed by atoms with E-state index in [-0.39, 0.29) is 30.9 Å². The van der Waals surface area contributed by atoms with E-state index in [2.05, 4.69) is 10.6 Å². The number of hydrogen-bond acceptors (Lipinski definition) is 4. The van der Waals surface area contributed by atoms with Crippen LogP contribution in [-0.4, -0.2) is 47.3 Å². The molecule has 2 aliphatic rings. The fraction of sp³-hybridized carbons (Fsp3) is 0.318. The lowest BCUT2D eigenvalue weighted by molar-refractivity contribution is -0.135. The minimum absolute atomic E-state index is 0.204. The van der Waals surface area contributed by atoms with Crippen molar-refractivity contribution in [3.05, 3.63) is 70.8 Å². The Bertz CT molecular complexity index is 1010. The molecule has 156 valence electrons. The van der Waals surface area contributed by atoms with Crippen LogP contribution in [0, 0.1) is 6.92 Å². The van der Waals surface area contributed by atoms with Crippen molar-refractivity contribution in [2.24, 2.45) is 0 Å². The smallest absolute Gasteiger partial charge is 0.322 e. The fourth-order valence-electron chi connectivity index (χ4n) is 3.79. The maximum absolute atomic E-state index is 13.3. The number of benzene rings is 1. The lowest BCUT2D eigenvalue weighted by atomic mass is 9.95. The zero-order valence-corrected chi connectivity index (χ0v) is 17.1. The van der Waals surface area contributed by atoms with E-state index in [9.17, 15) is 14.4 Å². The molecule has 0 saturated carbocycles. The molecule has 2 aliphatic heterocycles. The van der Waals surface area contributed by atoms with Crippen LogP contribution in [0.5, 0.6) is 0 Å². The van der Waals surface area contributed by atoms with Crippen molar-refractivity contribution in [2.45, 2.75) is 32.5 Å². The van der Waals surface area contributed by atoms with E-state index in [0.717, 1.165) is 11.1 Å². The maximum atomic E-state index is 13.3. The molecule has 4 rings (SSSR count). The highest BCUT2D eigenvalue weighted by Gasteiger charge is 2.45. The highest BCUT2D eigenvalue weighted by Crippen LogP contribution is 2.36. The van der Waals surface area contributed by atoms with E-state index < -0.39 is 12.1 Å². The Morgan fingerprint density at radius 1 is 1.27 bits per heavy atom. The van der Waals surface area contributed by atoms with E-state index in [0.29, 0.717) is 17.0 Å². The van der Waals surface area contributed by atoms with Gasteiger partial charge in [0, 0.05) is 7.05 Å². The summed E-state index contributed by atoms with van der Waals surface area (Å²) in [5.41, 5.74) is 3.06. The molecule has 0 fully saturated rings. The minimum Gasteiger partial charge on any atom is -0.467 e. The van der Waals surface area contributed by atoms with Gasteiger partial charge >= 0.3 is 6.03 Å². The average molecular weight is 408 g/mol. The quantitative estimate of drug-likeness (QED) is 0.792. The van der Waals surface area contributed by atoms with Crippen molar-refractivity contribution in [3.63, 3.8) is 0 Å². The summed E-state index contributed by atoms with van der Waals surface area (Å²) in [7, 11) is 1.63. The molecule has 1 aromatic carbocycles. The van der Waals surface area contributed by atoms with E-state index in [1.807, 2.05) is 31.2 Å². The fourth-order valence-corrected chi connectivity index (χ4v) is 3.79. The van der Waals surface area contributed by atoms with Crippen LogP contribution >= 0.6 is 0 Å². The molecular weight excluding hydrogens is 384 g/mol. The Labute approximate surface area is 174 Å². The zero-order chi connectivity index (χ0) is 21.4. The number of furan rings is 1. The van der Waals surface area contributed by atoms with Crippen molar-refractivity contribution in [1.29, 1.82) is 0 Å². The van der Waals surface area contributed by atoms with Crippen LogP contribution in [0.3, 0.4) is 0 Å². The summed E-state index contributed by atoms with van der Waals surface area (Å²) in [6.07, 6.45) is 1.54. The van der Waals surface area contributed by atoms with Crippen molar-refractivity contribution in [3.8, 4) is 0 Å². The molecule has 1 aromatic heterocycles. The summed E-state index contributed by atoms with van der Waals surface area (Å²) in [4.78, 5) is 41.4. The topological polar surface area (TPSA) is 94.9 Å². The van der Waals surface area contributed by atoms with E-state index in [4.69, 9.17) is 4.42 Å². The number of amides is 4.